The Balaban J connectivity index is 1.60. The first-order chi connectivity index (χ1) is 15.0. The maximum absolute atomic E-state index is 12.7. The topological polar surface area (TPSA) is 58.1 Å². The Labute approximate surface area is 192 Å². The van der Waals surface area contributed by atoms with Crippen LogP contribution in [0.5, 0.6) is 0 Å². The van der Waals surface area contributed by atoms with Crippen molar-refractivity contribution in [2.24, 2.45) is 5.92 Å². The van der Waals surface area contributed by atoms with Gasteiger partial charge in [0, 0.05) is 21.2 Å². The zero-order valence-electron chi connectivity index (χ0n) is 17.3. The van der Waals surface area contributed by atoms with Gasteiger partial charge in [0.15, 0.2) is 0 Å². The van der Waals surface area contributed by atoms with Gasteiger partial charge in [-0.15, -0.1) is 0 Å². The standard InChI is InChI=1S/C24H24Cl2N4O/c1-16-10-12-30(13-11-16)15-23(31)29-24-27-21(17-2-6-19(25)7-3-17)14-22(28-24)18-4-8-20(26)9-5-18/h2-9,14,16H,10-13,15H2,1H3,(H,27,28,29,31). The minimum absolute atomic E-state index is 0.107. The van der Waals surface area contributed by atoms with E-state index in [1.54, 1.807) is 0 Å². The summed E-state index contributed by atoms with van der Waals surface area (Å²) in [6.07, 6.45) is 2.24. The smallest absolute Gasteiger partial charge is 0.240 e. The molecule has 0 unspecified atom stereocenters. The van der Waals surface area contributed by atoms with Gasteiger partial charge in [-0.1, -0.05) is 54.4 Å². The fourth-order valence-electron chi connectivity index (χ4n) is 3.63. The summed E-state index contributed by atoms with van der Waals surface area (Å²) in [4.78, 5) is 24.0. The summed E-state index contributed by atoms with van der Waals surface area (Å²) in [5.41, 5.74) is 3.20. The Morgan fingerprint density at radius 2 is 1.42 bits per heavy atom. The van der Waals surface area contributed by atoms with Crippen LogP contribution in [0.4, 0.5) is 5.95 Å². The number of nitrogens with one attached hydrogen (secondary N) is 1. The lowest BCUT2D eigenvalue weighted by Crippen LogP contribution is -2.38. The first kappa shape index (κ1) is 21.8. The van der Waals surface area contributed by atoms with Crippen LogP contribution in [0, 0.1) is 5.92 Å². The number of piperidine rings is 1. The van der Waals surface area contributed by atoms with E-state index in [0.717, 1.165) is 43.0 Å². The highest BCUT2D eigenvalue weighted by atomic mass is 35.5. The van der Waals surface area contributed by atoms with Gasteiger partial charge in [0.05, 0.1) is 17.9 Å². The van der Waals surface area contributed by atoms with Crippen LogP contribution in [0.3, 0.4) is 0 Å². The second-order valence-electron chi connectivity index (χ2n) is 7.98. The highest BCUT2D eigenvalue weighted by molar-refractivity contribution is 6.30. The lowest BCUT2D eigenvalue weighted by Gasteiger charge is -2.29. The zero-order valence-corrected chi connectivity index (χ0v) is 18.8. The monoisotopic (exact) mass is 454 g/mol. The van der Waals surface area contributed by atoms with Crippen molar-refractivity contribution < 1.29 is 4.79 Å². The number of hydrogen-bond donors (Lipinski definition) is 1. The molecule has 7 heteroatoms. The SMILES string of the molecule is CC1CCN(CC(=O)Nc2nc(-c3ccc(Cl)cc3)cc(-c3ccc(Cl)cc3)n2)CC1. The molecule has 31 heavy (non-hydrogen) atoms. The van der Waals surface area contributed by atoms with Crippen LogP contribution in [0.15, 0.2) is 54.6 Å². The molecule has 1 aliphatic heterocycles. The van der Waals surface area contributed by atoms with Crippen molar-refractivity contribution in [3.05, 3.63) is 64.6 Å². The molecule has 0 saturated carbocycles. The molecule has 1 N–H and O–H groups in total. The summed E-state index contributed by atoms with van der Waals surface area (Å²) in [6, 6.07) is 16.8. The van der Waals surface area contributed by atoms with E-state index in [1.807, 2.05) is 54.6 Å². The van der Waals surface area contributed by atoms with Gasteiger partial charge in [-0.25, -0.2) is 9.97 Å². The lowest BCUT2D eigenvalue weighted by molar-refractivity contribution is -0.117. The fraction of sp³-hybridized carbons (Fsp3) is 0.292. The summed E-state index contributed by atoms with van der Waals surface area (Å²) in [7, 11) is 0. The molecule has 0 radical (unpaired) electrons. The Bertz CT molecular complexity index is 982. The van der Waals surface area contributed by atoms with Gasteiger partial charge in [0.1, 0.15) is 0 Å². The number of benzene rings is 2. The maximum atomic E-state index is 12.7. The molecule has 1 aromatic heterocycles. The van der Waals surface area contributed by atoms with Crippen molar-refractivity contribution in [2.75, 3.05) is 25.0 Å². The quantitative estimate of drug-likeness (QED) is 0.529. The summed E-state index contributed by atoms with van der Waals surface area (Å²) in [6.45, 7) is 4.48. The molecule has 2 heterocycles. The highest BCUT2D eigenvalue weighted by Crippen LogP contribution is 2.27. The van der Waals surface area contributed by atoms with E-state index in [9.17, 15) is 4.79 Å². The Morgan fingerprint density at radius 3 is 1.90 bits per heavy atom. The molecule has 160 valence electrons. The number of nitrogens with zero attached hydrogens (tertiary/aromatic N) is 3. The van der Waals surface area contributed by atoms with Gasteiger partial charge >= 0.3 is 0 Å². The number of aromatic nitrogens is 2. The normalized spacial score (nSPS) is 15.1. The molecule has 0 bridgehead atoms. The number of anilines is 1. The number of amides is 1. The molecule has 0 spiro atoms. The summed E-state index contributed by atoms with van der Waals surface area (Å²) in [5.74, 6) is 0.901. The first-order valence-electron chi connectivity index (χ1n) is 10.4. The molecule has 1 fully saturated rings. The summed E-state index contributed by atoms with van der Waals surface area (Å²) in [5, 5.41) is 4.19. The van der Waals surface area contributed by atoms with Crippen molar-refractivity contribution in [1.29, 1.82) is 0 Å². The third-order valence-corrected chi connectivity index (χ3v) is 6.00. The van der Waals surface area contributed by atoms with Crippen LogP contribution in [0.1, 0.15) is 19.8 Å². The first-order valence-corrected chi connectivity index (χ1v) is 11.1. The van der Waals surface area contributed by atoms with Crippen LogP contribution in [0.25, 0.3) is 22.5 Å². The minimum Gasteiger partial charge on any atom is -0.294 e. The number of halogens is 2. The van der Waals surface area contributed by atoms with Crippen LogP contribution in [0.2, 0.25) is 10.0 Å². The largest absolute Gasteiger partial charge is 0.294 e. The number of likely N-dealkylation sites (tertiary alicyclic amines) is 1. The van der Waals surface area contributed by atoms with Crippen molar-refractivity contribution in [3.63, 3.8) is 0 Å². The third-order valence-electron chi connectivity index (χ3n) is 5.50. The zero-order chi connectivity index (χ0) is 21.8. The number of carbonyl (C=O) groups excluding carboxylic acids is 1. The van der Waals surface area contributed by atoms with Crippen LogP contribution in [-0.4, -0.2) is 40.4 Å². The van der Waals surface area contributed by atoms with E-state index in [2.05, 4.69) is 27.1 Å². The molecule has 5 nitrogen and oxygen atoms in total. The van der Waals surface area contributed by atoms with Gasteiger partial charge in [-0.05, 0) is 62.2 Å². The second-order valence-corrected chi connectivity index (χ2v) is 8.86. The van der Waals surface area contributed by atoms with E-state index in [-0.39, 0.29) is 11.9 Å². The van der Waals surface area contributed by atoms with E-state index in [0.29, 0.717) is 28.0 Å². The molecule has 4 rings (SSSR count). The summed E-state index contributed by atoms with van der Waals surface area (Å²) >= 11 is 12.1. The maximum Gasteiger partial charge on any atom is 0.240 e. The van der Waals surface area contributed by atoms with Gasteiger partial charge in [-0.3, -0.25) is 15.0 Å². The second kappa shape index (κ2) is 9.77. The van der Waals surface area contributed by atoms with E-state index < -0.39 is 0 Å². The van der Waals surface area contributed by atoms with Crippen molar-refractivity contribution in [1.82, 2.24) is 14.9 Å². The van der Waals surface area contributed by atoms with Crippen molar-refractivity contribution in [2.45, 2.75) is 19.8 Å². The van der Waals surface area contributed by atoms with Crippen molar-refractivity contribution >= 4 is 35.1 Å². The molecule has 0 atom stereocenters. The Kier molecular flexibility index (Phi) is 6.86. The fourth-order valence-corrected chi connectivity index (χ4v) is 3.88. The van der Waals surface area contributed by atoms with Gasteiger partial charge < -0.3 is 0 Å². The molecule has 0 aliphatic carbocycles. The molecule has 3 aromatic rings. The van der Waals surface area contributed by atoms with Gasteiger partial charge in [0.25, 0.3) is 0 Å². The van der Waals surface area contributed by atoms with Crippen LogP contribution in [-0.2, 0) is 4.79 Å². The molecule has 1 saturated heterocycles. The molecule has 2 aromatic carbocycles. The van der Waals surface area contributed by atoms with Gasteiger partial charge in [-0.2, -0.15) is 0 Å². The van der Waals surface area contributed by atoms with Crippen LogP contribution >= 0.6 is 23.2 Å². The number of hydrogen-bond acceptors (Lipinski definition) is 4. The molecular formula is C24H24Cl2N4O. The lowest BCUT2D eigenvalue weighted by atomic mass is 9.99. The predicted octanol–water partition coefficient (Wildman–Crippen LogP) is 5.79. The third kappa shape index (κ3) is 5.82. The number of carbonyl (C=O) groups is 1. The highest BCUT2D eigenvalue weighted by Gasteiger charge is 2.19. The average Bonchev–Trinajstić information content (AvgIpc) is 2.76. The van der Waals surface area contributed by atoms with Crippen LogP contribution < -0.4 is 5.32 Å². The molecular weight excluding hydrogens is 431 g/mol. The number of rotatable bonds is 5. The van der Waals surface area contributed by atoms with E-state index in [4.69, 9.17) is 23.2 Å². The molecule has 1 aliphatic rings. The van der Waals surface area contributed by atoms with E-state index >= 15 is 0 Å². The Morgan fingerprint density at radius 1 is 0.935 bits per heavy atom. The van der Waals surface area contributed by atoms with E-state index in [1.165, 1.54) is 0 Å². The van der Waals surface area contributed by atoms with Gasteiger partial charge in [0.2, 0.25) is 11.9 Å². The average molecular weight is 455 g/mol. The minimum atomic E-state index is -0.107. The predicted molar refractivity (Wildman–Crippen MR) is 126 cm³/mol. The summed E-state index contributed by atoms with van der Waals surface area (Å²) < 4.78 is 0. The Hall–Kier alpha value is -2.47. The van der Waals surface area contributed by atoms with Crippen molar-refractivity contribution in [3.8, 4) is 22.5 Å². The molecule has 1 amide bonds.